The summed E-state index contributed by atoms with van der Waals surface area (Å²) in [6, 6.07) is -0.697. The normalized spacial score (nSPS) is 31.6. The Morgan fingerprint density at radius 2 is 1.72 bits per heavy atom. The van der Waals surface area contributed by atoms with Crippen LogP contribution in [0.1, 0.15) is 49.9 Å². The number of nitrogens with two attached hydrogens (primary N) is 1. The third-order valence-corrected chi connectivity index (χ3v) is 5.88. The number of guanidine groups is 2. The largest absolute Gasteiger partial charge is 0.434 e. The van der Waals surface area contributed by atoms with E-state index in [-0.39, 0.29) is 30.9 Å². The fourth-order valence-electron chi connectivity index (χ4n) is 4.41. The molecule has 4 rings (SSSR count). The highest BCUT2D eigenvalue weighted by molar-refractivity contribution is 5.96. The molecule has 32 heavy (non-hydrogen) atoms. The average molecular weight is 467 g/mol. The number of rotatable bonds is 3. The van der Waals surface area contributed by atoms with Crippen LogP contribution in [-0.2, 0) is 11.8 Å². The first-order chi connectivity index (χ1) is 14.8. The van der Waals surface area contributed by atoms with Gasteiger partial charge in [-0.3, -0.25) is 4.98 Å². The van der Waals surface area contributed by atoms with Gasteiger partial charge in [0.25, 0.3) is 0 Å². The van der Waals surface area contributed by atoms with Gasteiger partial charge in [-0.05, 0) is 12.8 Å². The Balaban J connectivity index is 1.72. The molecule has 7 nitrogen and oxygen atoms in total. The van der Waals surface area contributed by atoms with Gasteiger partial charge in [0.1, 0.15) is 5.69 Å². The maximum atomic E-state index is 14.1. The van der Waals surface area contributed by atoms with Crippen molar-refractivity contribution in [2.24, 2.45) is 21.6 Å². The van der Waals surface area contributed by atoms with Gasteiger partial charge in [-0.25, -0.2) is 27.5 Å². The summed E-state index contributed by atoms with van der Waals surface area (Å²) in [5.74, 6) is -7.50. The molecule has 0 bridgehead atoms. The van der Waals surface area contributed by atoms with Crippen LogP contribution >= 0.6 is 0 Å². The number of aliphatic imine (C=N–C) groups is 2. The standard InChI is InChI=1S/C18H20F7N7/c19-15(20)3-1-9(5-15)17(11-7-27-8-12(29-11)18(23,24)25)31-13(26)30-14(32-17)28-10-2-4-16(21,22)6-10/h7-10H,1-6H2,(H4,26,28,30,31,32)/t9-,10-,17?/m1/s1. The number of nitrogens with zero attached hydrogens (tertiary/aromatic N) is 4. The molecule has 1 aromatic rings. The lowest BCUT2D eigenvalue weighted by Gasteiger charge is -2.39. The SMILES string of the molecule is NC1=NC(c2cncc(C(F)(F)F)n2)([C@@H]2CCC(F)(F)C2)NC(N[C@@H]2CCC(F)(F)C2)=N1. The Morgan fingerprint density at radius 3 is 2.31 bits per heavy atom. The molecule has 2 fully saturated rings. The van der Waals surface area contributed by atoms with Crippen molar-refractivity contribution in [3.63, 3.8) is 0 Å². The highest BCUT2D eigenvalue weighted by atomic mass is 19.4. The van der Waals surface area contributed by atoms with Crippen LogP contribution in [0.2, 0.25) is 0 Å². The molecule has 1 aromatic heterocycles. The molecule has 4 N–H and O–H groups in total. The Hall–Kier alpha value is -2.67. The van der Waals surface area contributed by atoms with Gasteiger partial charge < -0.3 is 16.4 Å². The van der Waals surface area contributed by atoms with Gasteiger partial charge in [-0.15, -0.1) is 0 Å². The summed E-state index contributed by atoms with van der Waals surface area (Å²) in [6.07, 6.45) is -5.35. The van der Waals surface area contributed by atoms with E-state index >= 15 is 0 Å². The first-order valence-corrected chi connectivity index (χ1v) is 9.92. The van der Waals surface area contributed by atoms with Crippen LogP contribution in [0.15, 0.2) is 22.4 Å². The zero-order valence-corrected chi connectivity index (χ0v) is 16.6. The first kappa shape index (κ1) is 22.5. The number of hydrogen-bond donors (Lipinski definition) is 3. The van der Waals surface area contributed by atoms with Gasteiger partial charge in [0.05, 0.1) is 12.4 Å². The van der Waals surface area contributed by atoms with Crippen molar-refractivity contribution in [2.45, 2.75) is 68.3 Å². The smallest absolute Gasteiger partial charge is 0.368 e. The maximum absolute atomic E-state index is 14.1. The quantitative estimate of drug-likeness (QED) is 0.594. The van der Waals surface area contributed by atoms with Crippen molar-refractivity contribution in [1.29, 1.82) is 0 Å². The fourth-order valence-corrected chi connectivity index (χ4v) is 4.41. The molecule has 3 aliphatic rings. The van der Waals surface area contributed by atoms with Crippen LogP contribution in [0.25, 0.3) is 0 Å². The predicted octanol–water partition coefficient (Wildman–Crippen LogP) is 3.13. The van der Waals surface area contributed by atoms with E-state index in [1.54, 1.807) is 0 Å². The molecule has 0 saturated heterocycles. The maximum Gasteiger partial charge on any atom is 0.434 e. The lowest BCUT2D eigenvalue weighted by Crippen LogP contribution is -2.58. The fraction of sp³-hybridized carbons (Fsp3) is 0.667. The molecule has 0 spiro atoms. The Bertz CT molecular complexity index is 946. The minimum absolute atomic E-state index is 0.0938. The average Bonchev–Trinajstić information content (AvgIpc) is 3.21. The van der Waals surface area contributed by atoms with Gasteiger partial charge in [0.2, 0.25) is 23.8 Å². The second kappa shape index (κ2) is 7.44. The number of hydrogen-bond acceptors (Lipinski definition) is 7. The zero-order valence-electron chi connectivity index (χ0n) is 16.6. The molecule has 176 valence electrons. The molecule has 2 saturated carbocycles. The number of alkyl halides is 7. The Morgan fingerprint density at radius 1 is 1.03 bits per heavy atom. The molecule has 14 heteroatoms. The molecule has 0 amide bonds. The first-order valence-electron chi connectivity index (χ1n) is 9.92. The van der Waals surface area contributed by atoms with E-state index in [1.165, 1.54) is 0 Å². The lowest BCUT2D eigenvalue weighted by atomic mass is 9.87. The summed E-state index contributed by atoms with van der Waals surface area (Å²) >= 11 is 0. The summed E-state index contributed by atoms with van der Waals surface area (Å²) in [5, 5.41) is 5.51. The van der Waals surface area contributed by atoms with Crippen LogP contribution in [0.3, 0.4) is 0 Å². The molecule has 3 atom stereocenters. The molecule has 1 aliphatic heterocycles. The molecular formula is C18H20F7N7. The molecule has 0 aromatic carbocycles. The van der Waals surface area contributed by atoms with E-state index in [0.29, 0.717) is 6.20 Å². The van der Waals surface area contributed by atoms with Gasteiger partial charge >= 0.3 is 6.18 Å². The predicted molar refractivity (Wildman–Crippen MR) is 98.9 cm³/mol. The second-order valence-electron chi connectivity index (χ2n) is 8.34. The molecule has 0 radical (unpaired) electrons. The van der Waals surface area contributed by atoms with Crippen molar-refractivity contribution < 1.29 is 30.7 Å². The van der Waals surface area contributed by atoms with Crippen LogP contribution in [0.5, 0.6) is 0 Å². The summed E-state index contributed by atoms with van der Waals surface area (Å²) < 4.78 is 95.0. The van der Waals surface area contributed by atoms with Gasteiger partial charge in [0.15, 0.2) is 11.4 Å². The summed E-state index contributed by atoms with van der Waals surface area (Å²) in [5.41, 5.74) is 2.17. The summed E-state index contributed by atoms with van der Waals surface area (Å²) in [6.45, 7) is 0. The van der Waals surface area contributed by atoms with Crippen molar-refractivity contribution in [1.82, 2.24) is 20.6 Å². The highest BCUT2D eigenvalue weighted by Gasteiger charge is 2.54. The highest BCUT2D eigenvalue weighted by Crippen LogP contribution is 2.48. The van der Waals surface area contributed by atoms with Crippen LogP contribution in [-0.4, -0.2) is 39.8 Å². The van der Waals surface area contributed by atoms with E-state index in [4.69, 9.17) is 5.73 Å². The number of nitrogens with one attached hydrogen (secondary N) is 2. The zero-order chi connectivity index (χ0) is 23.4. The summed E-state index contributed by atoms with van der Waals surface area (Å²) in [4.78, 5) is 15.2. The van der Waals surface area contributed by atoms with E-state index < -0.39 is 66.6 Å². The molecule has 2 heterocycles. The monoisotopic (exact) mass is 467 g/mol. The molecular weight excluding hydrogens is 447 g/mol. The molecule has 1 unspecified atom stereocenters. The Kier molecular flexibility index (Phi) is 5.24. The van der Waals surface area contributed by atoms with Gasteiger partial charge in [-0.2, -0.15) is 18.2 Å². The van der Waals surface area contributed by atoms with E-state index in [2.05, 4.69) is 30.6 Å². The molecule has 2 aliphatic carbocycles. The van der Waals surface area contributed by atoms with Crippen LogP contribution < -0.4 is 16.4 Å². The topological polar surface area (TPSA) is 101 Å². The van der Waals surface area contributed by atoms with Crippen molar-refractivity contribution in [2.75, 3.05) is 0 Å². The van der Waals surface area contributed by atoms with Crippen LogP contribution in [0.4, 0.5) is 30.7 Å². The van der Waals surface area contributed by atoms with E-state index in [0.717, 1.165) is 6.20 Å². The minimum Gasteiger partial charge on any atom is -0.368 e. The Labute approximate surface area is 177 Å². The number of aromatic nitrogens is 2. The van der Waals surface area contributed by atoms with Gasteiger partial charge in [-0.1, -0.05) is 0 Å². The van der Waals surface area contributed by atoms with E-state index in [9.17, 15) is 30.7 Å². The van der Waals surface area contributed by atoms with Crippen LogP contribution in [0, 0.1) is 5.92 Å². The van der Waals surface area contributed by atoms with Crippen molar-refractivity contribution in [3.05, 3.63) is 23.8 Å². The van der Waals surface area contributed by atoms with Gasteiger partial charge in [0, 0.05) is 37.6 Å². The van der Waals surface area contributed by atoms with Crippen molar-refractivity contribution >= 4 is 11.9 Å². The lowest BCUT2D eigenvalue weighted by molar-refractivity contribution is -0.141. The third-order valence-electron chi connectivity index (χ3n) is 5.88. The second-order valence-corrected chi connectivity index (χ2v) is 8.34. The van der Waals surface area contributed by atoms with E-state index in [1.807, 2.05) is 0 Å². The summed E-state index contributed by atoms with van der Waals surface area (Å²) in [7, 11) is 0. The minimum atomic E-state index is -4.83. The number of halogens is 7. The third kappa shape index (κ3) is 4.44. The van der Waals surface area contributed by atoms with Crippen molar-refractivity contribution in [3.8, 4) is 0 Å².